The highest BCUT2D eigenvalue weighted by atomic mass is 32.2. The summed E-state index contributed by atoms with van der Waals surface area (Å²) in [5.41, 5.74) is 0.956. The van der Waals surface area contributed by atoms with Crippen LogP contribution in [-0.2, 0) is 10.1 Å². The monoisotopic (exact) mass is 400 g/mol. The molecule has 0 spiro atoms. The van der Waals surface area contributed by atoms with Crippen LogP contribution in [0.5, 0.6) is 0 Å². The zero-order valence-electron chi connectivity index (χ0n) is 15.9. The topological polar surface area (TPSA) is 54.4 Å². The fraction of sp³-hybridized carbons (Fsp3) is 0.0400. The molecular weight excluding hydrogens is 380 g/mol. The van der Waals surface area contributed by atoms with Gasteiger partial charge in [0.15, 0.2) is 0 Å². The highest BCUT2D eigenvalue weighted by molar-refractivity contribution is 7.85. The second-order valence-electron chi connectivity index (χ2n) is 6.92. The number of benzene rings is 5. The summed E-state index contributed by atoms with van der Waals surface area (Å²) in [4.78, 5) is -0.0666. The molecular formula is C25H20O3S. The summed E-state index contributed by atoms with van der Waals surface area (Å²) >= 11 is 0. The smallest absolute Gasteiger partial charge is 0.282 e. The third kappa shape index (κ3) is 3.86. The van der Waals surface area contributed by atoms with Gasteiger partial charge in [-0.1, -0.05) is 90.5 Å². The molecule has 1 N–H and O–H groups in total. The highest BCUT2D eigenvalue weighted by Crippen LogP contribution is 2.34. The lowest BCUT2D eigenvalue weighted by Crippen LogP contribution is -1.96. The van der Waals surface area contributed by atoms with Gasteiger partial charge in [0.2, 0.25) is 0 Å². The largest absolute Gasteiger partial charge is 0.294 e. The SMILES string of the molecule is Cc1ccc(S(=O)(=O)O)cc1.c1ccc2c(c1)c1ccccc1c1ccccc21. The standard InChI is InChI=1S/C18H12.C7H8O3S/c1-2-8-14-13(7-1)15-9-3-4-11-17(15)18-12-6-5-10-16(14)18;1-6-2-4-7(5-3-6)11(8,9)10/h1-12H;2-5H,1H3,(H,8,9,10). The van der Waals surface area contributed by atoms with Crippen molar-refractivity contribution in [3.05, 3.63) is 103 Å². The van der Waals surface area contributed by atoms with E-state index >= 15 is 0 Å². The van der Waals surface area contributed by atoms with Crippen molar-refractivity contribution in [1.29, 1.82) is 0 Å². The van der Waals surface area contributed by atoms with Crippen LogP contribution in [0, 0.1) is 6.92 Å². The van der Waals surface area contributed by atoms with Gasteiger partial charge in [-0.15, -0.1) is 0 Å². The van der Waals surface area contributed by atoms with E-state index in [4.69, 9.17) is 4.55 Å². The second kappa shape index (κ2) is 7.66. The molecule has 0 atom stereocenters. The maximum atomic E-state index is 10.5. The second-order valence-corrected chi connectivity index (χ2v) is 8.35. The van der Waals surface area contributed by atoms with Crippen LogP contribution in [-0.4, -0.2) is 13.0 Å². The lowest BCUT2D eigenvalue weighted by Gasteiger charge is -2.09. The molecule has 5 aromatic rings. The summed E-state index contributed by atoms with van der Waals surface area (Å²) in [6.45, 7) is 1.84. The van der Waals surface area contributed by atoms with Crippen LogP contribution in [0.4, 0.5) is 0 Å². The van der Waals surface area contributed by atoms with Crippen molar-refractivity contribution in [3.63, 3.8) is 0 Å². The quantitative estimate of drug-likeness (QED) is 0.262. The molecule has 0 unspecified atom stereocenters. The molecule has 0 aromatic heterocycles. The molecule has 5 rings (SSSR count). The highest BCUT2D eigenvalue weighted by Gasteiger charge is 2.07. The van der Waals surface area contributed by atoms with Crippen LogP contribution in [0.1, 0.15) is 5.56 Å². The average Bonchev–Trinajstić information content (AvgIpc) is 2.74. The summed E-state index contributed by atoms with van der Waals surface area (Å²) in [5, 5.41) is 8.04. The van der Waals surface area contributed by atoms with E-state index in [-0.39, 0.29) is 4.90 Å². The Bertz CT molecular complexity index is 1200. The van der Waals surface area contributed by atoms with Crippen LogP contribution >= 0.6 is 0 Å². The zero-order chi connectivity index (χ0) is 20.4. The summed E-state index contributed by atoms with van der Waals surface area (Å²) in [5.74, 6) is 0. The number of hydrogen-bond acceptors (Lipinski definition) is 2. The molecule has 144 valence electrons. The van der Waals surface area contributed by atoms with Gasteiger partial charge in [-0.2, -0.15) is 8.42 Å². The minimum absolute atomic E-state index is 0.0666. The molecule has 0 aliphatic heterocycles. The maximum absolute atomic E-state index is 10.5. The van der Waals surface area contributed by atoms with E-state index in [2.05, 4.69) is 72.8 Å². The van der Waals surface area contributed by atoms with Crippen molar-refractivity contribution in [2.75, 3.05) is 0 Å². The first-order valence-electron chi connectivity index (χ1n) is 9.27. The molecule has 3 nitrogen and oxygen atoms in total. The van der Waals surface area contributed by atoms with Crippen molar-refractivity contribution in [1.82, 2.24) is 0 Å². The van der Waals surface area contributed by atoms with Gasteiger partial charge in [0.05, 0.1) is 4.90 Å². The van der Waals surface area contributed by atoms with Crippen LogP contribution in [0.3, 0.4) is 0 Å². The van der Waals surface area contributed by atoms with E-state index in [1.54, 1.807) is 12.1 Å². The Morgan fingerprint density at radius 2 is 0.793 bits per heavy atom. The summed E-state index contributed by atoms with van der Waals surface area (Å²) in [7, 11) is -4.02. The van der Waals surface area contributed by atoms with Gasteiger partial charge in [-0.05, 0) is 51.4 Å². The Balaban J connectivity index is 0.000000161. The minimum atomic E-state index is -4.02. The minimum Gasteiger partial charge on any atom is -0.282 e. The van der Waals surface area contributed by atoms with E-state index in [1.807, 2.05) is 6.92 Å². The Morgan fingerprint density at radius 3 is 1.03 bits per heavy atom. The van der Waals surface area contributed by atoms with Crippen molar-refractivity contribution in [3.8, 4) is 0 Å². The van der Waals surface area contributed by atoms with E-state index in [0.29, 0.717) is 0 Å². The van der Waals surface area contributed by atoms with Gasteiger partial charge >= 0.3 is 0 Å². The van der Waals surface area contributed by atoms with Crippen molar-refractivity contribution >= 4 is 42.4 Å². The van der Waals surface area contributed by atoms with Crippen LogP contribution in [0.15, 0.2) is 102 Å². The van der Waals surface area contributed by atoms with Gasteiger partial charge < -0.3 is 0 Å². The number of fused-ring (bicyclic) bond motifs is 6. The molecule has 0 saturated carbocycles. The molecule has 0 bridgehead atoms. The normalized spacial score (nSPS) is 11.4. The molecule has 29 heavy (non-hydrogen) atoms. The molecule has 0 aliphatic carbocycles. The summed E-state index contributed by atoms with van der Waals surface area (Å²) in [6, 6.07) is 31.9. The van der Waals surface area contributed by atoms with E-state index in [1.165, 1.54) is 44.5 Å². The van der Waals surface area contributed by atoms with Crippen molar-refractivity contribution < 1.29 is 13.0 Å². The molecule has 0 fully saturated rings. The predicted molar refractivity (Wildman–Crippen MR) is 120 cm³/mol. The first kappa shape index (κ1) is 19.1. The van der Waals surface area contributed by atoms with Gasteiger partial charge in [-0.25, -0.2) is 0 Å². The van der Waals surface area contributed by atoms with E-state index in [9.17, 15) is 8.42 Å². The summed E-state index contributed by atoms with van der Waals surface area (Å²) < 4.78 is 29.6. The Kier molecular flexibility index (Phi) is 5.05. The Labute approximate surface area is 170 Å². The number of hydrogen-bond donors (Lipinski definition) is 1. The molecule has 5 aromatic carbocycles. The molecule has 0 radical (unpaired) electrons. The van der Waals surface area contributed by atoms with Crippen molar-refractivity contribution in [2.24, 2.45) is 0 Å². The van der Waals surface area contributed by atoms with Gasteiger partial charge in [-0.3, -0.25) is 4.55 Å². The zero-order valence-corrected chi connectivity index (χ0v) is 16.7. The third-order valence-corrected chi connectivity index (χ3v) is 5.84. The predicted octanol–water partition coefficient (Wildman–Crippen LogP) is 6.39. The first-order chi connectivity index (χ1) is 13.9. The van der Waals surface area contributed by atoms with Gasteiger partial charge in [0, 0.05) is 0 Å². The maximum Gasteiger partial charge on any atom is 0.294 e. The first-order valence-corrected chi connectivity index (χ1v) is 10.7. The Morgan fingerprint density at radius 1 is 0.517 bits per heavy atom. The average molecular weight is 400 g/mol. The van der Waals surface area contributed by atoms with Gasteiger partial charge in [0.1, 0.15) is 0 Å². The van der Waals surface area contributed by atoms with Crippen LogP contribution in [0.25, 0.3) is 32.3 Å². The lowest BCUT2D eigenvalue weighted by molar-refractivity contribution is 0.483. The van der Waals surface area contributed by atoms with E-state index < -0.39 is 10.1 Å². The summed E-state index contributed by atoms with van der Waals surface area (Å²) in [6.07, 6.45) is 0. The van der Waals surface area contributed by atoms with Crippen molar-refractivity contribution in [2.45, 2.75) is 11.8 Å². The molecule has 0 amide bonds. The number of aryl methyl sites for hydroxylation is 1. The number of rotatable bonds is 1. The molecule has 4 heteroatoms. The third-order valence-electron chi connectivity index (χ3n) is 4.97. The van der Waals surface area contributed by atoms with E-state index in [0.717, 1.165) is 5.56 Å². The van der Waals surface area contributed by atoms with Crippen LogP contribution < -0.4 is 0 Å². The molecule has 0 saturated heterocycles. The molecule has 0 aliphatic rings. The lowest BCUT2D eigenvalue weighted by atomic mass is 9.95. The Hall–Kier alpha value is -3.21. The fourth-order valence-electron chi connectivity index (χ4n) is 3.57. The van der Waals surface area contributed by atoms with Crippen LogP contribution in [0.2, 0.25) is 0 Å². The molecule has 0 heterocycles. The van der Waals surface area contributed by atoms with Gasteiger partial charge in [0.25, 0.3) is 10.1 Å². The fourth-order valence-corrected chi connectivity index (χ4v) is 4.05.